The number of hydrogen-bond acceptors (Lipinski definition) is 4. The SMILES string of the molecule is CC(C)(C)NCCc1nnc(-c2cc(Cl)ccc2F)o1. The van der Waals surface area contributed by atoms with Gasteiger partial charge < -0.3 is 9.73 Å². The third-order valence-electron chi connectivity index (χ3n) is 2.62. The van der Waals surface area contributed by atoms with Crippen molar-refractivity contribution in [1.82, 2.24) is 15.5 Å². The van der Waals surface area contributed by atoms with Gasteiger partial charge in [-0.05, 0) is 39.0 Å². The molecule has 2 aromatic rings. The van der Waals surface area contributed by atoms with E-state index < -0.39 is 5.82 Å². The average molecular weight is 298 g/mol. The molecule has 0 aliphatic heterocycles. The first kappa shape index (κ1) is 14.9. The maximum absolute atomic E-state index is 13.7. The van der Waals surface area contributed by atoms with Gasteiger partial charge in [-0.25, -0.2) is 4.39 Å². The number of halogens is 2. The fourth-order valence-electron chi connectivity index (χ4n) is 1.67. The molecule has 0 aliphatic rings. The highest BCUT2D eigenvalue weighted by Crippen LogP contribution is 2.24. The summed E-state index contributed by atoms with van der Waals surface area (Å²) >= 11 is 5.84. The van der Waals surface area contributed by atoms with E-state index in [4.69, 9.17) is 16.0 Å². The molecule has 4 nitrogen and oxygen atoms in total. The van der Waals surface area contributed by atoms with Gasteiger partial charge in [-0.3, -0.25) is 0 Å². The smallest absolute Gasteiger partial charge is 0.250 e. The summed E-state index contributed by atoms with van der Waals surface area (Å²) in [7, 11) is 0. The van der Waals surface area contributed by atoms with E-state index in [9.17, 15) is 4.39 Å². The van der Waals surface area contributed by atoms with E-state index in [1.54, 1.807) is 0 Å². The van der Waals surface area contributed by atoms with Crippen molar-refractivity contribution in [2.24, 2.45) is 0 Å². The number of rotatable bonds is 4. The van der Waals surface area contributed by atoms with Gasteiger partial charge in [0.15, 0.2) is 0 Å². The first-order valence-electron chi connectivity index (χ1n) is 6.38. The lowest BCUT2D eigenvalue weighted by molar-refractivity contribution is 0.411. The average Bonchev–Trinajstić information content (AvgIpc) is 2.79. The molecular formula is C14H17ClFN3O. The van der Waals surface area contributed by atoms with Gasteiger partial charge in [0.05, 0.1) is 5.56 Å². The summed E-state index contributed by atoms with van der Waals surface area (Å²) in [5.41, 5.74) is 0.252. The van der Waals surface area contributed by atoms with E-state index in [-0.39, 0.29) is 17.0 Å². The van der Waals surface area contributed by atoms with Crippen LogP contribution in [0.5, 0.6) is 0 Å². The second-order valence-corrected chi connectivity index (χ2v) is 5.99. The summed E-state index contributed by atoms with van der Waals surface area (Å²) < 4.78 is 19.1. The predicted molar refractivity (Wildman–Crippen MR) is 76.2 cm³/mol. The second-order valence-electron chi connectivity index (χ2n) is 5.55. The molecular weight excluding hydrogens is 281 g/mol. The third-order valence-corrected chi connectivity index (χ3v) is 2.85. The lowest BCUT2D eigenvalue weighted by Crippen LogP contribution is -2.37. The quantitative estimate of drug-likeness (QED) is 0.939. The van der Waals surface area contributed by atoms with Crippen LogP contribution < -0.4 is 5.32 Å². The van der Waals surface area contributed by atoms with E-state index in [0.717, 1.165) is 0 Å². The second kappa shape index (κ2) is 5.89. The molecule has 0 amide bonds. The van der Waals surface area contributed by atoms with Gasteiger partial charge in [0.1, 0.15) is 5.82 Å². The van der Waals surface area contributed by atoms with Crippen LogP contribution in [0.25, 0.3) is 11.5 Å². The predicted octanol–water partition coefficient (Wildman–Crippen LogP) is 3.46. The molecule has 0 bridgehead atoms. The van der Waals surface area contributed by atoms with Crippen molar-refractivity contribution in [3.05, 3.63) is 34.9 Å². The molecule has 108 valence electrons. The molecule has 0 spiro atoms. The summed E-state index contributed by atoms with van der Waals surface area (Å²) in [5, 5.41) is 11.5. The molecule has 1 N–H and O–H groups in total. The van der Waals surface area contributed by atoms with Gasteiger partial charge in [0, 0.05) is 23.5 Å². The van der Waals surface area contributed by atoms with Gasteiger partial charge in [-0.2, -0.15) is 0 Å². The first-order chi connectivity index (χ1) is 9.35. The summed E-state index contributed by atoms with van der Waals surface area (Å²) in [6, 6.07) is 4.23. The van der Waals surface area contributed by atoms with E-state index in [1.807, 2.05) is 0 Å². The zero-order chi connectivity index (χ0) is 14.8. The zero-order valence-electron chi connectivity index (χ0n) is 11.7. The Morgan fingerprint density at radius 1 is 1.30 bits per heavy atom. The van der Waals surface area contributed by atoms with E-state index in [2.05, 4.69) is 36.3 Å². The van der Waals surface area contributed by atoms with Crippen molar-refractivity contribution in [3.63, 3.8) is 0 Å². The van der Waals surface area contributed by atoms with Crippen molar-refractivity contribution in [3.8, 4) is 11.5 Å². The van der Waals surface area contributed by atoms with E-state index in [1.165, 1.54) is 18.2 Å². The summed E-state index contributed by atoms with van der Waals surface area (Å²) in [4.78, 5) is 0. The van der Waals surface area contributed by atoms with Crippen molar-refractivity contribution in [2.75, 3.05) is 6.54 Å². The van der Waals surface area contributed by atoms with E-state index >= 15 is 0 Å². The van der Waals surface area contributed by atoms with Crippen LogP contribution in [-0.2, 0) is 6.42 Å². The minimum atomic E-state index is -0.433. The topological polar surface area (TPSA) is 51.0 Å². The van der Waals surface area contributed by atoms with Gasteiger partial charge in [0.25, 0.3) is 5.89 Å². The Hall–Kier alpha value is -1.46. The minimum Gasteiger partial charge on any atom is -0.421 e. The summed E-state index contributed by atoms with van der Waals surface area (Å²) in [5.74, 6) is 0.185. The van der Waals surface area contributed by atoms with Gasteiger partial charge in [0.2, 0.25) is 5.89 Å². The monoisotopic (exact) mass is 297 g/mol. The molecule has 0 saturated carbocycles. The van der Waals surface area contributed by atoms with Crippen LogP contribution in [0.2, 0.25) is 5.02 Å². The highest BCUT2D eigenvalue weighted by molar-refractivity contribution is 6.30. The molecule has 1 aromatic heterocycles. The minimum absolute atomic E-state index is 0.0297. The Labute approximate surface area is 122 Å². The summed E-state index contributed by atoms with van der Waals surface area (Å²) in [6.07, 6.45) is 0.590. The van der Waals surface area contributed by atoms with E-state index in [0.29, 0.717) is 23.9 Å². The molecule has 0 unspecified atom stereocenters. The molecule has 6 heteroatoms. The number of benzene rings is 1. The number of hydrogen-bond donors (Lipinski definition) is 1. The van der Waals surface area contributed by atoms with Crippen molar-refractivity contribution in [1.29, 1.82) is 0 Å². The molecule has 0 fully saturated rings. The lowest BCUT2D eigenvalue weighted by atomic mass is 10.1. The van der Waals surface area contributed by atoms with Crippen molar-refractivity contribution in [2.45, 2.75) is 32.7 Å². The normalized spacial score (nSPS) is 11.8. The molecule has 0 aliphatic carbocycles. The largest absolute Gasteiger partial charge is 0.421 e. The molecule has 1 heterocycles. The van der Waals surface area contributed by atoms with Crippen LogP contribution in [0, 0.1) is 5.82 Å². The number of nitrogens with zero attached hydrogens (tertiary/aromatic N) is 2. The fourth-order valence-corrected chi connectivity index (χ4v) is 1.84. The number of nitrogens with one attached hydrogen (secondary N) is 1. The molecule has 1 aromatic carbocycles. The van der Waals surface area contributed by atoms with Crippen molar-refractivity contribution >= 4 is 11.6 Å². The van der Waals surface area contributed by atoms with Crippen LogP contribution in [-0.4, -0.2) is 22.3 Å². The molecule has 0 saturated heterocycles. The van der Waals surface area contributed by atoms with Crippen LogP contribution in [0.1, 0.15) is 26.7 Å². The standard InChI is InChI=1S/C14H17ClFN3O/c1-14(2,3)17-7-6-12-18-19-13(20-12)10-8-9(15)4-5-11(10)16/h4-5,8,17H,6-7H2,1-3H3. The Bertz CT molecular complexity index is 592. The Morgan fingerprint density at radius 3 is 2.75 bits per heavy atom. The van der Waals surface area contributed by atoms with Crippen LogP contribution in [0.15, 0.2) is 22.6 Å². The zero-order valence-corrected chi connectivity index (χ0v) is 12.5. The third kappa shape index (κ3) is 4.02. The lowest BCUT2D eigenvalue weighted by Gasteiger charge is -2.19. The highest BCUT2D eigenvalue weighted by atomic mass is 35.5. The van der Waals surface area contributed by atoms with Gasteiger partial charge >= 0.3 is 0 Å². The molecule has 0 atom stereocenters. The van der Waals surface area contributed by atoms with Gasteiger partial charge in [-0.15, -0.1) is 10.2 Å². The maximum Gasteiger partial charge on any atom is 0.250 e. The van der Waals surface area contributed by atoms with Gasteiger partial charge in [-0.1, -0.05) is 11.6 Å². The maximum atomic E-state index is 13.7. The fraction of sp³-hybridized carbons (Fsp3) is 0.429. The Balaban J connectivity index is 2.07. The van der Waals surface area contributed by atoms with Crippen LogP contribution >= 0.6 is 11.6 Å². The Kier molecular flexibility index (Phi) is 4.40. The Morgan fingerprint density at radius 2 is 2.05 bits per heavy atom. The number of aromatic nitrogens is 2. The van der Waals surface area contributed by atoms with Crippen LogP contribution in [0.4, 0.5) is 4.39 Å². The summed E-state index contributed by atoms with van der Waals surface area (Å²) in [6.45, 7) is 6.94. The van der Waals surface area contributed by atoms with Crippen molar-refractivity contribution < 1.29 is 8.81 Å². The first-order valence-corrected chi connectivity index (χ1v) is 6.76. The molecule has 20 heavy (non-hydrogen) atoms. The van der Waals surface area contributed by atoms with Crippen LogP contribution in [0.3, 0.4) is 0 Å². The highest BCUT2D eigenvalue weighted by Gasteiger charge is 2.14. The molecule has 2 rings (SSSR count). The molecule has 0 radical (unpaired) electrons.